The van der Waals surface area contributed by atoms with Crippen LogP contribution in [0.25, 0.3) is 11.1 Å². The lowest BCUT2D eigenvalue weighted by molar-refractivity contribution is 0.0411. The van der Waals surface area contributed by atoms with E-state index in [0.29, 0.717) is 18.0 Å². The standard InChI is InChI=1S/C22H31N3O4/c1-27-14-12-24-10-8-17(9-11-24)15-25(16-18-5-4-13-28-18)22(26)21-23-19-6-2-3-7-20(19)29-21/h2-3,6-7,17-18H,4-5,8-16H2,1H3/t18-/m0/s1. The summed E-state index contributed by atoms with van der Waals surface area (Å²) in [4.78, 5) is 22.0. The number of methoxy groups -OCH3 is 1. The van der Waals surface area contributed by atoms with Crippen molar-refractivity contribution in [1.82, 2.24) is 14.8 Å². The number of piperidine rings is 1. The zero-order valence-electron chi connectivity index (χ0n) is 17.2. The number of para-hydroxylation sites is 2. The number of aromatic nitrogens is 1. The Hall–Kier alpha value is -1.96. The summed E-state index contributed by atoms with van der Waals surface area (Å²) in [5, 5.41) is 0. The fraction of sp³-hybridized carbons (Fsp3) is 0.636. The van der Waals surface area contributed by atoms with E-state index >= 15 is 0 Å². The van der Waals surface area contributed by atoms with E-state index in [2.05, 4.69) is 9.88 Å². The number of hydrogen-bond donors (Lipinski definition) is 0. The van der Waals surface area contributed by atoms with E-state index in [1.807, 2.05) is 29.2 Å². The lowest BCUT2D eigenvalue weighted by atomic mass is 9.96. The summed E-state index contributed by atoms with van der Waals surface area (Å²) in [5.41, 5.74) is 1.37. The number of amides is 1. The quantitative estimate of drug-likeness (QED) is 0.678. The van der Waals surface area contributed by atoms with Gasteiger partial charge in [-0.05, 0) is 56.8 Å². The molecule has 0 bridgehead atoms. The molecule has 1 amide bonds. The molecule has 0 N–H and O–H groups in total. The largest absolute Gasteiger partial charge is 0.432 e. The Labute approximate surface area is 171 Å². The Morgan fingerprint density at radius 2 is 2.07 bits per heavy atom. The van der Waals surface area contributed by atoms with Gasteiger partial charge in [0, 0.05) is 33.4 Å². The minimum atomic E-state index is -0.126. The Kier molecular flexibility index (Phi) is 6.79. The van der Waals surface area contributed by atoms with Gasteiger partial charge in [-0.2, -0.15) is 0 Å². The number of carbonyl (C=O) groups is 1. The van der Waals surface area contributed by atoms with Gasteiger partial charge in [0.05, 0.1) is 12.7 Å². The van der Waals surface area contributed by atoms with Gasteiger partial charge in [-0.1, -0.05) is 12.1 Å². The first-order valence-corrected chi connectivity index (χ1v) is 10.7. The van der Waals surface area contributed by atoms with Crippen molar-refractivity contribution in [2.75, 3.05) is 53.0 Å². The smallest absolute Gasteiger partial charge is 0.309 e. The lowest BCUT2D eigenvalue weighted by Crippen LogP contribution is -2.44. The summed E-state index contributed by atoms with van der Waals surface area (Å²) in [6, 6.07) is 7.51. The number of hydrogen-bond acceptors (Lipinski definition) is 6. The molecule has 7 heteroatoms. The van der Waals surface area contributed by atoms with Crippen LogP contribution in [0.5, 0.6) is 0 Å². The van der Waals surface area contributed by atoms with Crippen LogP contribution in [0.2, 0.25) is 0 Å². The molecule has 1 aromatic carbocycles. The maximum Gasteiger partial charge on any atom is 0.309 e. The van der Waals surface area contributed by atoms with Crippen molar-refractivity contribution < 1.29 is 18.7 Å². The molecule has 2 aliphatic rings. The molecular weight excluding hydrogens is 370 g/mol. The highest BCUT2D eigenvalue weighted by Gasteiger charge is 2.30. The number of oxazole rings is 1. The van der Waals surface area contributed by atoms with E-state index in [-0.39, 0.29) is 17.9 Å². The summed E-state index contributed by atoms with van der Waals surface area (Å²) in [6.07, 6.45) is 4.37. The van der Waals surface area contributed by atoms with Crippen LogP contribution in [0.3, 0.4) is 0 Å². The molecule has 158 valence electrons. The van der Waals surface area contributed by atoms with Crippen molar-refractivity contribution >= 4 is 17.0 Å². The lowest BCUT2D eigenvalue weighted by Gasteiger charge is -2.35. The second-order valence-corrected chi connectivity index (χ2v) is 8.11. The Morgan fingerprint density at radius 1 is 1.24 bits per heavy atom. The van der Waals surface area contributed by atoms with Gasteiger partial charge in [0.2, 0.25) is 0 Å². The highest BCUT2D eigenvalue weighted by Crippen LogP contribution is 2.23. The number of ether oxygens (including phenoxy) is 2. The Bertz CT molecular complexity index is 761. The van der Waals surface area contributed by atoms with Gasteiger partial charge in [-0.15, -0.1) is 0 Å². The maximum absolute atomic E-state index is 13.3. The predicted molar refractivity (Wildman–Crippen MR) is 110 cm³/mol. The van der Waals surface area contributed by atoms with E-state index in [9.17, 15) is 4.79 Å². The first-order chi connectivity index (χ1) is 14.2. The second kappa shape index (κ2) is 9.69. The van der Waals surface area contributed by atoms with E-state index in [1.54, 1.807) is 7.11 Å². The van der Waals surface area contributed by atoms with Gasteiger partial charge in [0.15, 0.2) is 5.58 Å². The molecule has 0 spiro atoms. The molecule has 2 saturated heterocycles. The summed E-state index contributed by atoms with van der Waals surface area (Å²) in [6.45, 7) is 5.99. The van der Waals surface area contributed by atoms with Crippen molar-refractivity contribution in [3.8, 4) is 0 Å². The maximum atomic E-state index is 13.3. The van der Waals surface area contributed by atoms with E-state index in [0.717, 1.165) is 70.6 Å². The molecule has 1 atom stereocenters. The average molecular weight is 402 g/mol. The van der Waals surface area contributed by atoms with Crippen LogP contribution in [-0.4, -0.2) is 79.8 Å². The van der Waals surface area contributed by atoms with Crippen molar-refractivity contribution in [2.45, 2.75) is 31.8 Å². The van der Waals surface area contributed by atoms with Gasteiger partial charge >= 0.3 is 5.91 Å². The van der Waals surface area contributed by atoms with Gasteiger partial charge < -0.3 is 23.7 Å². The molecule has 2 aromatic rings. The van der Waals surface area contributed by atoms with Crippen LogP contribution < -0.4 is 0 Å². The van der Waals surface area contributed by atoms with Crippen LogP contribution >= 0.6 is 0 Å². The first kappa shape index (κ1) is 20.3. The van der Waals surface area contributed by atoms with Crippen molar-refractivity contribution in [3.63, 3.8) is 0 Å². The molecule has 2 aliphatic heterocycles. The van der Waals surface area contributed by atoms with Gasteiger partial charge in [-0.25, -0.2) is 4.98 Å². The molecule has 29 heavy (non-hydrogen) atoms. The number of benzene rings is 1. The van der Waals surface area contributed by atoms with Crippen LogP contribution in [0.1, 0.15) is 36.4 Å². The van der Waals surface area contributed by atoms with E-state index < -0.39 is 0 Å². The van der Waals surface area contributed by atoms with Crippen LogP contribution in [0, 0.1) is 5.92 Å². The SMILES string of the molecule is COCCN1CCC(CN(C[C@@H]2CCCO2)C(=O)c2nc3ccccc3o2)CC1. The van der Waals surface area contributed by atoms with Gasteiger partial charge in [-0.3, -0.25) is 4.79 Å². The molecule has 0 radical (unpaired) electrons. The molecule has 0 unspecified atom stereocenters. The third-order valence-electron chi connectivity index (χ3n) is 6.01. The first-order valence-electron chi connectivity index (χ1n) is 10.7. The average Bonchev–Trinajstić information content (AvgIpc) is 3.42. The normalized spacial score (nSPS) is 21.1. The number of likely N-dealkylation sites (tertiary alicyclic amines) is 1. The number of carbonyl (C=O) groups excluding carboxylic acids is 1. The minimum Gasteiger partial charge on any atom is -0.432 e. The summed E-state index contributed by atoms with van der Waals surface area (Å²) in [5.74, 6) is 0.545. The third-order valence-corrected chi connectivity index (χ3v) is 6.01. The molecule has 4 rings (SSSR count). The summed E-state index contributed by atoms with van der Waals surface area (Å²) in [7, 11) is 1.74. The van der Waals surface area contributed by atoms with Crippen molar-refractivity contribution in [1.29, 1.82) is 0 Å². The Morgan fingerprint density at radius 3 is 2.79 bits per heavy atom. The molecule has 2 fully saturated rings. The number of nitrogens with zero attached hydrogens (tertiary/aromatic N) is 3. The van der Waals surface area contributed by atoms with Gasteiger partial charge in [0.25, 0.3) is 5.89 Å². The molecular formula is C22H31N3O4. The minimum absolute atomic E-state index is 0.116. The second-order valence-electron chi connectivity index (χ2n) is 8.11. The highest BCUT2D eigenvalue weighted by molar-refractivity contribution is 5.92. The van der Waals surface area contributed by atoms with Crippen molar-refractivity contribution in [2.24, 2.45) is 5.92 Å². The van der Waals surface area contributed by atoms with Crippen LogP contribution in [0.15, 0.2) is 28.7 Å². The fourth-order valence-electron chi connectivity index (χ4n) is 4.30. The molecule has 0 saturated carbocycles. The predicted octanol–water partition coefficient (Wildman–Crippen LogP) is 2.81. The topological polar surface area (TPSA) is 68.0 Å². The molecule has 1 aromatic heterocycles. The van der Waals surface area contributed by atoms with Crippen LogP contribution in [-0.2, 0) is 9.47 Å². The highest BCUT2D eigenvalue weighted by atomic mass is 16.5. The van der Waals surface area contributed by atoms with E-state index in [4.69, 9.17) is 13.9 Å². The molecule has 3 heterocycles. The monoisotopic (exact) mass is 401 g/mol. The molecule has 0 aliphatic carbocycles. The number of rotatable bonds is 8. The Balaban J connectivity index is 1.42. The number of fused-ring (bicyclic) bond motifs is 1. The third kappa shape index (κ3) is 5.15. The van der Waals surface area contributed by atoms with Crippen LogP contribution in [0.4, 0.5) is 0 Å². The van der Waals surface area contributed by atoms with Crippen molar-refractivity contribution in [3.05, 3.63) is 30.2 Å². The molecule has 7 nitrogen and oxygen atoms in total. The zero-order valence-corrected chi connectivity index (χ0v) is 17.2. The van der Waals surface area contributed by atoms with Gasteiger partial charge in [0.1, 0.15) is 5.52 Å². The summed E-state index contributed by atoms with van der Waals surface area (Å²) < 4.78 is 16.8. The van der Waals surface area contributed by atoms with E-state index in [1.165, 1.54) is 0 Å². The fourth-order valence-corrected chi connectivity index (χ4v) is 4.30. The zero-order chi connectivity index (χ0) is 20.1. The summed E-state index contributed by atoms with van der Waals surface area (Å²) >= 11 is 0.